The van der Waals surface area contributed by atoms with Gasteiger partial charge < -0.3 is 19.9 Å². The first kappa shape index (κ1) is 28.4. The Morgan fingerprint density at radius 3 is 2.49 bits per heavy atom. The van der Waals surface area contributed by atoms with Crippen LogP contribution < -0.4 is 20.7 Å². The van der Waals surface area contributed by atoms with Crippen LogP contribution in [0.1, 0.15) is 32.0 Å². The van der Waals surface area contributed by atoms with Crippen molar-refractivity contribution in [3.63, 3.8) is 0 Å². The SMILES string of the molecule is CCO[C@H]1CN(c2ccccn2)CC1Nc1c(CC)nc(-c2ccc(N(C)C)cc2C(F)(F)F)n(CC)c1=O. The molecule has 3 heterocycles. The van der Waals surface area contributed by atoms with Gasteiger partial charge >= 0.3 is 6.18 Å². The van der Waals surface area contributed by atoms with Gasteiger partial charge in [-0.3, -0.25) is 9.36 Å². The largest absolute Gasteiger partial charge is 0.417 e. The summed E-state index contributed by atoms with van der Waals surface area (Å²) in [5.41, 5.74) is -0.247. The number of halogens is 3. The minimum atomic E-state index is -4.62. The van der Waals surface area contributed by atoms with E-state index in [0.717, 1.165) is 11.9 Å². The molecule has 1 N–H and O–H groups in total. The molecular weight excluding hydrogens is 509 g/mol. The van der Waals surface area contributed by atoms with Crippen molar-refractivity contribution in [3.8, 4) is 11.4 Å². The van der Waals surface area contributed by atoms with Crippen LogP contribution in [0.3, 0.4) is 0 Å². The summed E-state index contributed by atoms with van der Waals surface area (Å²) < 4.78 is 49.8. The summed E-state index contributed by atoms with van der Waals surface area (Å²) in [6, 6.07) is 9.53. The Bertz CT molecular complexity index is 1340. The number of pyridine rings is 1. The normalized spacial score (nSPS) is 17.5. The molecule has 0 spiro atoms. The lowest BCUT2D eigenvalue weighted by molar-refractivity contribution is -0.137. The van der Waals surface area contributed by atoms with Crippen LogP contribution in [0.4, 0.5) is 30.4 Å². The number of aromatic nitrogens is 3. The Morgan fingerprint density at radius 2 is 1.90 bits per heavy atom. The van der Waals surface area contributed by atoms with E-state index in [1.807, 2.05) is 32.0 Å². The Morgan fingerprint density at radius 1 is 1.13 bits per heavy atom. The van der Waals surface area contributed by atoms with Crippen LogP contribution in [0.15, 0.2) is 47.4 Å². The van der Waals surface area contributed by atoms with Crippen LogP contribution in [0.25, 0.3) is 11.4 Å². The van der Waals surface area contributed by atoms with E-state index in [-0.39, 0.29) is 30.1 Å². The summed E-state index contributed by atoms with van der Waals surface area (Å²) in [4.78, 5) is 26.6. The molecule has 4 rings (SSSR count). The van der Waals surface area contributed by atoms with Crippen molar-refractivity contribution >= 4 is 17.2 Å². The first-order valence-electron chi connectivity index (χ1n) is 13.2. The highest BCUT2D eigenvalue weighted by molar-refractivity contribution is 5.68. The van der Waals surface area contributed by atoms with Crippen LogP contribution in [-0.4, -0.2) is 60.5 Å². The number of alkyl halides is 3. The van der Waals surface area contributed by atoms with Gasteiger partial charge in [0, 0.05) is 57.8 Å². The summed E-state index contributed by atoms with van der Waals surface area (Å²) in [7, 11) is 3.36. The highest BCUT2D eigenvalue weighted by Crippen LogP contribution is 2.39. The molecule has 1 aliphatic rings. The molecule has 1 saturated heterocycles. The maximum absolute atomic E-state index is 14.2. The molecule has 39 heavy (non-hydrogen) atoms. The van der Waals surface area contributed by atoms with Crippen molar-refractivity contribution in [1.82, 2.24) is 14.5 Å². The maximum Gasteiger partial charge on any atom is 0.417 e. The zero-order valence-electron chi connectivity index (χ0n) is 22.9. The first-order chi connectivity index (χ1) is 18.6. The topological polar surface area (TPSA) is 75.5 Å². The Hall–Kier alpha value is -3.60. The van der Waals surface area contributed by atoms with Crippen molar-refractivity contribution in [3.05, 3.63) is 64.2 Å². The van der Waals surface area contributed by atoms with E-state index in [0.29, 0.717) is 43.2 Å². The highest BCUT2D eigenvalue weighted by Gasteiger charge is 2.37. The second-order valence-corrected chi connectivity index (χ2v) is 9.62. The second kappa shape index (κ2) is 11.6. The molecule has 2 aromatic heterocycles. The number of aryl methyl sites for hydroxylation is 1. The number of hydrogen-bond acceptors (Lipinski definition) is 7. The molecule has 8 nitrogen and oxygen atoms in total. The van der Waals surface area contributed by atoms with Crippen molar-refractivity contribution < 1.29 is 17.9 Å². The lowest BCUT2D eigenvalue weighted by Crippen LogP contribution is -2.38. The number of nitrogens with one attached hydrogen (secondary N) is 1. The molecule has 0 radical (unpaired) electrons. The smallest absolute Gasteiger partial charge is 0.378 e. The number of benzene rings is 1. The van der Waals surface area contributed by atoms with Crippen LogP contribution >= 0.6 is 0 Å². The third-order valence-corrected chi connectivity index (χ3v) is 6.91. The van der Waals surface area contributed by atoms with Crippen molar-refractivity contribution in [2.45, 2.75) is 52.1 Å². The van der Waals surface area contributed by atoms with Gasteiger partial charge in [0.1, 0.15) is 17.3 Å². The molecule has 1 fully saturated rings. The minimum Gasteiger partial charge on any atom is -0.378 e. The third kappa shape index (κ3) is 5.88. The van der Waals surface area contributed by atoms with E-state index in [4.69, 9.17) is 4.74 Å². The van der Waals surface area contributed by atoms with E-state index < -0.39 is 17.3 Å². The van der Waals surface area contributed by atoms with Crippen molar-refractivity contribution in [2.24, 2.45) is 0 Å². The van der Waals surface area contributed by atoms with Crippen LogP contribution in [0.2, 0.25) is 0 Å². The first-order valence-corrected chi connectivity index (χ1v) is 13.2. The quantitative estimate of drug-likeness (QED) is 0.419. The van der Waals surface area contributed by atoms with Gasteiger partial charge in [0.25, 0.3) is 5.56 Å². The number of nitrogens with zero attached hydrogens (tertiary/aromatic N) is 5. The molecule has 3 aromatic rings. The molecule has 0 aliphatic carbocycles. The third-order valence-electron chi connectivity index (χ3n) is 6.91. The van der Waals surface area contributed by atoms with Crippen LogP contribution in [0, 0.1) is 0 Å². The van der Waals surface area contributed by atoms with E-state index in [9.17, 15) is 18.0 Å². The predicted octanol–water partition coefficient (Wildman–Crippen LogP) is 4.68. The lowest BCUT2D eigenvalue weighted by atomic mass is 10.0. The Labute approximate surface area is 226 Å². The molecule has 210 valence electrons. The van der Waals surface area contributed by atoms with Gasteiger partial charge in [0.2, 0.25) is 0 Å². The molecule has 11 heteroatoms. The maximum atomic E-state index is 14.2. The van der Waals surface area contributed by atoms with Gasteiger partial charge in [-0.25, -0.2) is 9.97 Å². The molecular formula is C28H35F3N6O2. The highest BCUT2D eigenvalue weighted by atomic mass is 19.4. The predicted molar refractivity (Wildman–Crippen MR) is 148 cm³/mol. The molecule has 0 saturated carbocycles. The monoisotopic (exact) mass is 544 g/mol. The second-order valence-electron chi connectivity index (χ2n) is 9.62. The van der Waals surface area contributed by atoms with Gasteiger partial charge in [-0.2, -0.15) is 13.2 Å². The Balaban J connectivity index is 1.78. The minimum absolute atomic E-state index is 0.00502. The molecule has 1 unspecified atom stereocenters. The lowest BCUT2D eigenvalue weighted by Gasteiger charge is -2.24. The Kier molecular flexibility index (Phi) is 8.48. The molecule has 2 atom stereocenters. The summed E-state index contributed by atoms with van der Waals surface area (Å²) in [6.45, 7) is 7.27. The molecule has 1 aromatic carbocycles. The average Bonchev–Trinajstić information content (AvgIpc) is 3.31. The summed E-state index contributed by atoms with van der Waals surface area (Å²) >= 11 is 0. The van der Waals surface area contributed by atoms with E-state index >= 15 is 0 Å². The molecule has 0 amide bonds. The number of anilines is 3. The van der Waals surface area contributed by atoms with Gasteiger partial charge in [0.15, 0.2) is 0 Å². The fourth-order valence-electron chi connectivity index (χ4n) is 4.95. The zero-order valence-corrected chi connectivity index (χ0v) is 22.9. The summed E-state index contributed by atoms with van der Waals surface area (Å²) in [5, 5.41) is 3.37. The van der Waals surface area contributed by atoms with Gasteiger partial charge in [0.05, 0.1) is 23.4 Å². The van der Waals surface area contributed by atoms with Gasteiger partial charge in [-0.05, 0) is 50.6 Å². The number of ether oxygens (including phenoxy) is 1. The van der Waals surface area contributed by atoms with Gasteiger partial charge in [-0.15, -0.1) is 0 Å². The van der Waals surface area contributed by atoms with Gasteiger partial charge in [-0.1, -0.05) is 13.0 Å². The molecule has 1 aliphatic heterocycles. The number of rotatable bonds is 9. The van der Waals surface area contributed by atoms with Crippen LogP contribution in [-0.2, 0) is 23.9 Å². The summed E-state index contributed by atoms with van der Waals surface area (Å²) in [5.74, 6) is 0.813. The zero-order chi connectivity index (χ0) is 28.3. The van der Waals surface area contributed by atoms with Crippen LogP contribution in [0.5, 0.6) is 0 Å². The average molecular weight is 545 g/mol. The fraction of sp³-hybridized carbons (Fsp3) is 0.464. The van der Waals surface area contributed by atoms with Crippen molar-refractivity contribution in [2.75, 3.05) is 48.9 Å². The summed E-state index contributed by atoms with van der Waals surface area (Å²) in [6.07, 6.45) is -2.75. The standard InChI is InChI=1S/C28H35F3N6O2/c1-6-21-25(33-22-16-36(17-23(22)39-8-3)24-11-9-10-14-32-24)27(38)37(7-2)26(34-21)19-13-12-18(35(4)5)15-20(19)28(29,30)31/h9-15,22-23,33H,6-8,16-17H2,1-5H3/t22?,23-/m0/s1. The fourth-order valence-corrected chi connectivity index (χ4v) is 4.95. The van der Waals surface area contributed by atoms with E-state index in [1.165, 1.54) is 10.6 Å². The number of hydrogen-bond donors (Lipinski definition) is 1. The van der Waals surface area contributed by atoms with Crippen molar-refractivity contribution in [1.29, 1.82) is 0 Å². The van der Waals surface area contributed by atoms with E-state index in [1.54, 1.807) is 38.2 Å². The molecule has 0 bridgehead atoms. The van der Waals surface area contributed by atoms with E-state index in [2.05, 4.69) is 20.2 Å².